The molecule has 1 aliphatic rings. The number of rotatable bonds is 11. The lowest BCUT2D eigenvalue weighted by Crippen LogP contribution is -2.47. The summed E-state index contributed by atoms with van der Waals surface area (Å²) >= 11 is 3.59. The molecule has 166 valence electrons. The molecule has 0 bridgehead atoms. The summed E-state index contributed by atoms with van der Waals surface area (Å²) in [5.74, 6) is 0. The summed E-state index contributed by atoms with van der Waals surface area (Å²) in [6, 6.07) is 18.7. The minimum Gasteiger partial charge on any atom is -0.330 e. The van der Waals surface area contributed by atoms with Gasteiger partial charge >= 0.3 is 0 Å². The van der Waals surface area contributed by atoms with Crippen molar-refractivity contribution in [2.75, 3.05) is 52.4 Å². The van der Waals surface area contributed by atoms with E-state index in [1.54, 1.807) is 0 Å². The molecular weight excluding hydrogens is 450 g/mol. The number of hydrogen-bond acceptors (Lipinski definition) is 5. The average molecular weight is 484 g/mol. The second-order valence-electron chi connectivity index (χ2n) is 8.33. The Labute approximate surface area is 195 Å². The van der Waals surface area contributed by atoms with E-state index in [1.165, 1.54) is 11.1 Å². The summed E-state index contributed by atoms with van der Waals surface area (Å²) in [5.41, 5.74) is 8.93. The third-order valence-corrected chi connectivity index (χ3v) is 6.37. The lowest BCUT2D eigenvalue weighted by atomic mass is 10.1. The van der Waals surface area contributed by atoms with Crippen LogP contribution in [-0.4, -0.2) is 67.1 Å². The monoisotopic (exact) mass is 483 g/mol. The van der Waals surface area contributed by atoms with Crippen LogP contribution < -0.4 is 5.73 Å². The molecule has 0 atom stereocenters. The number of nitriles is 1. The highest BCUT2D eigenvalue weighted by Crippen LogP contribution is 2.16. The van der Waals surface area contributed by atoms with Crippen molar-refractivity contribution in [2.24, 2.45) is 5.73 Å². The maximum absolute atomic E-state index is 9.05. The molecule has 1 aliphatic heterocycles. The van der Waals surface area contributed by atoms with Gasteiger partial charge in [0, 0.05) is 50.3 Å². The van der Waals surface area contributed by atoms with Crippen LogP contribution >= 0.6 is 15.9 Å². The van der Waals surface area contributed by atoms with Crippen molar-refractivity contribution >= 4 is 15.9 Å². The van der Waals surface area contributed by atoms with Gasteiger partial charge in [0.1, 0.15) is 0 Å². The third kappa shape index (κ3) is 8.36. The summed E-state index contributed by atoms with van der Waals surface area (Å²) in [6.45, 7) is 10.6. The molecule has 0 unspecified atom stereocenters. The van der Waals surface area contributed by atoms with Crippen molar-refractivity contribution < 1.29 is 0 Å². The van der Waals surface area contributed by atoms with Crippen LogP contribution in [0.15, 0.2) is 53.0 Å². The lowest BCUT2D eigenvalue weighted by molar-refractivity contribution is 0.125. The standard InChI is InChI=1S/C25H34BrN5/c26-25-5-1-4-24(18-25)21-31(20-23-8-6-22(19-28)7-9-23)13-3-12-30-16-14-29(15-17-30)11-2-10-27/h1,4-9,18H,2-3,10-17,20-21,27H2. The fourth-order valence-corrected chi connectivity index (χ4v) is 4.57. The van der Waals surface area contributed by atoms with E-state index in [4.69, 9.17) is 11.0 Å². The second-order valence-corrected chi connectivity index (χ2v) is 9.24. The van der Waals surface area contributed by atoms with Gasteiger partial charge in [-0.1, -0.05) is 40.2 Å². The molecule has 0 spiro atoms. The maximum atomic E-state index is 9.05. The molecule has 1 heterocycles. The van der Waals surface area contributed by atoms with Crippen LogP contribution in [-0.2, 0) is 13.1 Å². The fraction of sp³-hybridized carbons (Fsp3) is 0.480. The predicted molar refractivity (Wildman–Crippen MR) is 131 cm³/mol. The molecule has 2 aromatic carbocycles. The van der Waals surface area contributed by atoms with Gasteiger partial charge < -0.3 is 15.5 Å². The van der Waals surface area contributed by atoms with Gasteiger partial charge in [0.15, 0.2) is 0 Å². The summed E-state index contributed by atoms with van der Waals surface area (Å²) in [7, 11) is 0. The Morgan fingerprint density at radius 3 is 2.16 bits per heavy atom. The normalized spacial score (nSPS) is 15.3. The SMILES string of the molecule is N#Cc1ccc(CN(CCCN2CCN(CCCN)CC2)Cc2cccc(Br)c2)cc1. The van der Waals surface area contributed by atoms with E-state index < -0.39 is 0 Å². The second kappa shape index (κ2) is 12.9. The van der Waals surface area contributed by atoms with E-state index in [0.717, 1.165) is 82.8 Å². The van der Waals surface area contributed by atoms with E-state index in [0.29, 0.717) is 5.56 Å². The number of nitrogens with zero attached hydrogens (tertiary/aromatic N) is 4. The zero-order valence-electron chi connectivity index (χ0n) is 18.3. The lowest BCUT2D eigenvalue weighted by Gasteiger charge is -2.35. The first-order chi connectivity index (χ1) is 15.2. The molecule has 6 heteroatoms. The van der Waals surface area contributed by atoms with Crippen molar-refractivity contribution in [2.45, 2.75) is 25.9 Å². The van der Waals surface area contributed by atoms with Gasteiger partial charge in [-0.3, -0.25) is 4.90 Å². The quantitative estimate of drug-likeness (QED) is 0.528. The van der Waals surface area contributed by atoms with Gasteiger partial charge in [0.25, 0.3) is 0 Å². The fourth-order valence-electron chi connectivity index (χ4n) is 4.12. The minimum atomic E-state index is 0.716. The van der Waals surface area contributed by atoms with Gasteiger partial charge in [-0.15, -0.1) is 0 Å². The number of benzene rings is 2. The van der Waals surface area contributed by atoms with E-state index >= 15 is 0 Å². The predicted octanol–water partition coefficient (Wildman–Crippen LogP) is 3.68. The van der Waals surface area contributed by atoms with Crippen molar-refractivity contribution in [1.29, 1.82) is 5.26 Å². The van der Waals surface area contributed by atoms with E-state index in [9.17, 15) is 0 Å². The van der Waals surface area contributed by atoms with Gasteiger partial charge in [0.2, 0.25) is 0 Å². The number of hydrogen-bond donors (Lipinski definition) is 1. The molecule has 3 rings (SSSR count). The van der Waals surface area contributed by atoms with Crippen molar-refractivity contribution in [3.05, 3.63) is 69.7 Å². The smallest absolute Gasteiger partial charge is 0.0991 e. The molecule has 0 amide bonds. The van der Waals surface area contributed by atoms with Gasteiger partial charge in [0.05, 0.1) is 11.6 Å². The molecule has 0 saturated carbocycles. The Balaban J connectivity index is 1.52. The van der Waals surface area contributed by atoms with Crippen LogP contribution in [0.1, 0.15) is 29.5 Å². The van der Waals surface area contributed by atoms with E-state index in [-0.39, 0.29) is 0 Å². The molecule has 1 saturated heterocycles. The van der Waals surface area contributed by atoms with Crippen LogP contribution in [0.4, 0.5) is 0 Å². The summed E-state index contributed by atoms with van der Waals surface area (Å²) in [4.78, 5) is 7.65. The highest BCUT2D eigenvalue weighted by atomic mass is 79.9. The molecule has 0 aromatic heterocycles. The Kier molecular flexibility index (Phi) is 9.98. The molecule has 1 fully saturated rings. The van der Waals surface area contributed by atoms with Gasteiger partial charge in [-0.2, -0.15) is 5.26 Å². The highest BCUT2D eigenvalue weighted by Gasteiger charge is 2.16. The Bertz CT molecular complexity index is 825. The Hall–Kier alpha value is -1.75. The van der Waals surface area contributed by atoms with Gasteiger partial charge in [-0.05, 0) is 67.9 Å². The summed E-state index contributed by atoms with van der Waals surface area (Å²) in [6.07, 6.45) is 2.26. The molecule has 0 aliphatic carbocycles. The Morgan fingerprint density at radius 1 is 0.903 bits per heavy atom. The van der Waals surface area contributed by atoms with E-state index in [2.05, 4.69) is 73.1 Å². The van der Waals surface area contributed by atoms with Crippen molar-refractivity contribution in [3.8, 4) is 6.07 Å². The topological polar surface area (TPSA) is 59.5 Å². The average Bonchev–Trinajstić information content (AvgIpc) is 2.79. The van der Waals surface area contributed by atoms with Crippen molar-refractivity contribution in [1.82, 2.24) is 14.7 Å². The van der Waals surface area contributed by atoms with Crippen LogP contribution in [0, 0.1) is 11.3 Å². The molecular formula is C25H34BrN5. The first kappa shape index (κ1) is 23.9. The molecule has 5 nitrogen and oxygen atoms in total. The number of piperazine rings is 1. The van der Waals surface area contributed by atoms with Crippen molar-refractivity contribution in [3.63, 3.8) is 0 Å². The minimum absolute atomic E-state index is 0.716. The third-order valence-electron chi connectivity index (χ3n) is 5.88. The largest absolute Gasteiger partial charge is 0.330 e. The molecule has 2 aromatic rings. The zero-order chi connectivity index (χ0) is 21.9. The Morgan fingerprint density at radius 2 is 1.55 bits per heavy atom. The molecule has 2 N–H and O–H groups in total. The number of nitrogens with two attached hydrogens (primary N) is 1. The molecule has 0 radical (unpaired) electrons. The summed E-state index contributed by atoms with van der Waals surface area (Å²) in [5, 5.41) is 9.05. The molecule has 31 heavy (non-hydrogen) atoms. The van der Waals surface area contributed by atoms with E-state index in [1.807, 2.05) is 12.1 Å². The zero-order valence-corrected chi connectivity index (χ0v) is 19.9. The highest BCUT2D eigenvalue weighted by molar-refractivity contribution is 9.10. The maximum Gasteiger partial charge on any atom is 0.0991 e. The first-order valence-corrected chi connectivity index (χ1v) is 12.1. The first-order valence-electron chi connectivity index (χ1n) is 11.3. The number of halogens is 1. The van der Waals surface area contributed by atoms with Gasteiger partial charge in [-0.25, -0.2) is 0 Å². The van der Waals surface area contributed by atoms with Crippen LogP contribution in [0.25, 0.3) is 0 Å². The summed E-state index contributed by atoms with van der Waals surface area (Å²) < 4.78 is 1.12. The van der Waals surface area contributed by atoms with Crippen LogP contribution in [0.3, 0.4) is 0 Å². The van der Waals surface area contributed by atoms with Crippen LogP contribution in [0.5, 0.6) is 0 Å². The van der Waals surface area contributed by atoms with Crippen LogP contribution in [0.2, 0.25) is 0 Å².